The third-order valence-corrected chi connectivity index (χ3v) is 4.06. The second-order valence-electron chi connectivity index (χ2n) is 5.95. The largest absolute Gasteiger partial charge is 0.324 e. The molecule has 0 bridgehead atoms. The van der Waals surface area contributed by atoms with E-state index in [1.165, 1.54) is 0 Å². The molecule has 0 aliphatic carbocycles. The van der Waals surface area contributed by atoms with Crippen molar-refractivity contribution < 1.29 is 4.79 Å². The van der Waals surface area contributed by atoms with Crippen LogP contribution >= 0.6 is 0 Å². The van der Waals surface area contributed by atoms with Crippen molar-refractivity contribution in [2.45, 2.75) is 32.7 Å². The second-order valence-corrected chi connectivity index (χ2v) is 5.95. The van der Waals surface area contributed by atoms with E-state index in [0.29, 0.717) is 11.3 Å². The Balaban J connectivity index is 1.83. The zero-order chi connectivity index (χ0) is 17.6. The van der Waals surface area contributed by atoms with Gasteiger partial charge in [0, 0.05) is 12.1 Å². The average molecular weight is 332 g/mol. The van der Waals surface area contributed by atoms with Crippen LogP contribution in [0.3, 0.4) is 0 Å². The molecule has 25 heavy (non-hydrogen) atoms. The first-order valence-electron chi connectivity index (χ1n) is 8.45. The summed E-state index contributed by atoms with van der Waals surface area (Å²) in [5.74, 6) is 0.806. The number of aromatic nitrogens is 2. The van der Waals surface area contributed by atoms with Crippen LogP contribution in [0.1, 0.15) is 31.2 Å². The van der Waals surface area contributed by atoms with Gasteiger partial charge in [0.1, 0.15) is 12.4 Å². The number of carbonyl (C=O) groups excluding carboxylic acids is 1. The molecule has 0 unspecified atom stereocenters. The Morgan fingerprint density at radius 2 is 2.08 bits per heavy atom. The number of benzene rings is 2. The van der Waals surface area contributed by atoms with Gasteiger partial charge in [-0.15, -0.1) is 0 Å². The van der Waals surface area contributed by atoms with Crippen molar-refractivity contribution in [3.05, 3.63) is 59.9 Å². The van der Waals surface area contributed by atoms with E-state index in [2.05, 4.69) is 23.3 Å². The molecule has 1 heterocycles. The number of carbonyl (C=O) groups is 1. The fourth-order valence-electron chi connectivity index (χ4n) is 2.84. The van der Waals surface area contributed by atoms with E-state index in [0.717, 1.165) is 36.1 Å². The summed E-state index contributed by atoms with van der Waals surface area (Å²) < 4.78 is 1.98. The molecule has 3 aromatic rings. The van der Waals surface area contributed by atoms with Crippen LogP contribution in [-0.4, -0.2) is 15.5 Å². The summed E-state index contributed by atoms with van der Waals surface area (Å²) in [4.78, 5) is 17.2. The topological polar surface area (TPSA) is 70.7 Å². The first kappa shape index (κ1) is 16.7. The Bertz CT molecular complexity index is 936. The SMILES string of the molecule is CCCCc1nc2ccccc2n1CC(=O)Nc1cccc(C#N)c1. The van der Waals surface area contributed by atoms with E-state index in [1.54, 1.807) is 24.3 Å². The second kappa shape index (κ2) is 7.63. The molecule has 3 rings (SSSR count). The molecule has 0 atom stereocenters. The molecular weight excluding hydrogens is 312 g/mol. The van der Waals surface area contributed by atoms with Gasteiger partial charge in [0.05, 0.1) is 22.7 Å². The zero-order valence-electron chi connectivity index (χ0n) is 14.2. The number of para-hydroxylation sites is 2. The molecular formula is C20H20N4O. The van der Waals surface area contributed by atoms with Gasteiger partial charge in [-0.05, 0) is 36.8 Å². The zero-order valence-corrected chi connectivity index (χ0v) is 14.2. The number of fused-ring (bicyclic) bond motifs is 1. The minimum atomic E-state index is -0.129. The van der Waals surface area contributed by atoms with Crippen LogP contribution in [0.5, 0.6) is 0 Å². The maximum Gasteiger partial charge on any atom is 0.244 e. The van der Waals surface area contributed by atoms with E-state index < -0.39 is 0 Å². The molecule has 126 valence electrons. The van der Waals surface area contributed by atoms with E-state index in [-0.39, 0.29) is 12.5 Å². The summed E-state index contributed by atoms with van der Waals surface area (Å²) in [6, 6.07) is 16.9. The molecule has 2 aromatic carbocycles. The molecule has 0 fully saturated rings. The lowest BCUT2D eigenvalue weighted by Crippen LogP contribution is -2.20. The summed E-state index contributed by atoms with van der Waals surface area (Å²) >= 11 is 0. The fourth-order valence-corrected chi connectivity index (χ4v) is 2.84. The third kappa shape index (κ3) is 3.86. The average Bonchev–Trinajstić information content (AvgIpc) is 2.97. The van der Waals surface area contributed by atoms with Gasteiger partial charge in [0.2, 0.25) is 5.91 Å². The van der Waals surface area contributed by atoms with Crippen molar-refractivity contribution in [1.82, 2.24) is 9.55 Å². The van der Waals surface area contributed by atoms with Gasteiger partial charge in [-0.25, -0.2) is 4.98 Å². The number of nitrogens with one attached hydrogen (secondary N) is 1. The van der Waals surface area contributed by atoms with Gasteiger partial charge < -0.3 is 9.88 Å². The highest BCUT2D eigenvalue weighted by Crippen LogP contribution is 2.18. The molecule has 0 spiro atoms. The molecule has 0 aliphatic rings. The lowest BCUT2D eigenvalue weighted by Gasteiger charge is -2.10. The normalized spacial score (nSPS) is 10.6. The number of hydrogen-bond donors (Lipinski definition) is 1. The molecule has 5 nitrogen and oxygen atoms in total. The monoisotopic (exact) mass is 332 g/mol. The first-order valence-corrected chi connectivity index (χ1v) is 8.45. The molecule has 1 aromatic heterocycles. The summed E-state index contributed by atoms with van der Waals surface area (Å²) in [5, 5.41) is 11.8. The van der Waals surface area contributed by atoms with Crippen molar-refractivity contribution in [3.63, 3.8) is 0 Å². The highest BCUT2D eigenvalue weighted by atomic mass is 16.1. The number of rotatable bonds is 6. The Morgan fingerprint density at radius 3 is 2.88 bits per heavy atom. The highest BCUT2D eigenvalue weighted by Gasteiger charge is 2.13. The van der Waals surface area contributed by atoms with Gasteiger partial charge in [0.25, 0.3) is 0 Å². The molecule has 0 saturated carbocycles. The van der Waals surface area contributed by atoms with Crippen LogP contribution in [0, 0.1) is 11.3 Å². The number of amides is 1. The fraction of sp³-hybridized carbons (Fsp3) is 0.250. The Morgan fingerprint density at radius 1 is 1.24 bits per heavy atom. The van der Waals surface area contributed by atoms with Crippen LogP contribution in [0.2, 0.25) is 0 Å². The first-order chi connectivity index (χ1) is 12.2. The number of unbranched alkanes of at least 4 members (excludes halogenated alkanes) is 1. The van der Waals surface area contributed by atoms with Gasteiger partial charge in [-0.1, -0.05) is 31.5 Å². The van der Waals surface area contributed by atoms with Crippen LogP contribution in [0.15, 0.2) is 48.5 Å². The van der Waals surface area contributed by atoms with Crippen LogP contribution in [0.25, 0.3) is 11.0 Å². The minimum Gasteiger partial charge on any atom is -0.324 e. The van der Waals surface area contributed by atoms with Gasteiger partial charge >= 0.3 is 0 Å². The Hall–Kier alpha value is -3.13. The maximum atomic E-state index is 12.5. The minimum absolute atomic E-state index is 0.129. The highest BCUT2D eigenvalue weighted by molar-refractivity contribution is 5.92. The van der Waals surface area contributed by atoms with E-state index >= 15 is 0 Å². The van der Waals surface area contributed by atoms with Crippen molar-refractivity contribution in [2.75, 3.05) is 5.32 Å². The quantitative estimate of drug-likeness (QED) is 0.744. The van der Waals surface area contributed by atoms with Gasteiger partial charge in [-0.2, -0.15) is 5.26 Å². The molecule has 1 N–H and O–H groups in total. The standard InChI is InChI=1S/C20H20N4O/c1-2-3-11-19-23-17-9-4-5-10-18(17)24(19)14-20(25)22-16-8-6-7-15(12-16)13-21/h4-10,12H,2-3,11,14H2,1H3,(H,22,25). The van der Waals surface area contributed by atoms with Crippen molar-refractivity contribution in [2.24, 2.45) is 0 Å². The van der Waals surface area contributed by atoms with Gasteiger partial charge in [-0.3, -0.25) is 4.79 Å². The van der Waals surface area contributed by atoms with E-state index in [9.17, 15) is 4.79 Å². The van der Waals surface area contributed by atoms with Crippen molar-refractivity contribution in [3.8, 4) is 6.07 Å². The Kier molecular flexibility index (Phi) is 5.10. The number of nitriles is 1. The Labute approximate surface area is 146 Å². The molecule has 0 saturated heterocycles. The summed E-state index contributed by atoms with van der Waals surface area (Å²) in [6.07, 6.45) is 2.97. The van der Waals surface area contributed by atoms with E-state index in [4.69, 9.17) is 5.26 Å². The van der Waals surface area contributed by atoms with Crippen LogP contribution < -0.4 is 5.32 Å². The summed E-state index contributed by atoms with van der Waals surface area (Å²) in [5.41, 5.74) is 3.03. The maximum absolute atomic E-state index is 12.5. The molecule has 5 heteroatoms. The number of nitrogens with zero attached hydrogens (tertiary/aromatic N) is 3. The molecule has 0 radical (unpaired) electrons. The van der Waals surface area contributed by atoms with Gasteiger partial charge in [0.15, 0.2) is 0 Å². The number of aryl methyl sites for hydroxylation is 1. The molecule has 1 amide bonds. The smallest absolute Gasteiger partial charge is 0.244 e. The number of imidazole rings is 1. The predicted octanol–water partition coefficient (Wildman–Crippen LogP) is 3.89. The van der Waals surface area contributed by atoms with Crippen molar-refractivity contribution in [1.29, 1.82) is 5.26 Å². The van der Waals surface area contributed by atoms with Crippen LogP contribution in [-0.2, 0) is 17.8 Å². The van der Waals surface area contributed by atoms with E-state index in [1.807, 2.05) is 28.8 Å². The lowest BCUT2D eigenvalue weighted by atomic mass is 10.2. The third-order valence-electron chi connectivity index (χ3n) is 4.06. The number of anilines is 1. The van der Waals surface area contributed by atoms with Crippen molar-refractivity contribution >= 4 is 22.6 Å². The number of hydrogen-bond acceptors (Lipinski definition) is 3. The molecule has 0 aliphatic heterocycles. The van der Waals surface area contributed by atoms with Crippen LogP contribution in [0.4, 0.5) is 5.69 Å². The summed E-state index contributed by atoms with van der Waals surface area (Å²) in [6.45, 7) is 2.35. The summed E-state index contributed by atoms with van der Waals surface area (Å²) in [7, 11) is 0. The predicted molar refractivity (Wildman–Crippen MR) is 98.1 cm³/mol. The lowest BCUT2D eigenvalue weighted by molar-refractivity contribution is -0.116.